The van der Waals surface area contributed by atoms with E-state index in [-0.39, 0.29) is 6.10 Å². The highest BCUT2D eigenvalue weighted by Gasteiger charge is 2.11. The van der Waals surface area contributed by atoms with E-state index in [0.29, 0.717) is 0 Å². The number of aryl methyl sites for hydroxylation is 1. The van der Waals surface area contributed by atoms with Gasteiger partial charge in [-0.3, -0.25) is 0 Å². The third kappa shape index (κ3) is 3.91. The minimum absolute atomic E-state index is 0.261. The monoisotopic (exact) mass is 284 g/mol. The summed E-state index contributed by atoms with van der Waals surface area (Å²) in [6.45, 7) is 7.32. The third-order valence-electron chi connectivity index (χ3n) is 2.63. The Bertz CT molecular complexity index is 323. The number of hydrogen-bond donors (Lipinski definition) is 0. The summed E-state index contributed by atoms with van der Waals surface area (Å²) in [6.07, 6.45) is 3.59. The fourth-order valence-corrected chi connectivity index (χ4v) is 1.98. The standard InChI is InChI=1S/C14H21BrO/c1-4-6-14(16-9-5-2)12-7-8-13(15)11(3)10-12/h7-8,10,14H,4-6,9H2,1-3H3. The van der Waals surface area contributed by atoms with E-state index in [0.717, 1.165) is 25.9 Å². The largest absolute Gasteiger partial charge is 0.374 e. The first kappa shape index (κ1) is 13.7. The lowest BCUT2D eigenvalue weighted by molar-refractivity contribution is 0.0465. The van der Waals surface area contributed by atoms with Crippen molar-refractivity contribution in [3.05, 3.63) is 33.8 Å². The molecule has 0 amide bonds. The van der Waals surface area contributed by atoms with Crippen LogP contribution in [0.3, 0.4) is 0 Å². The lowest BCUT2D eigenvalue weighted by Gasteiger charge is -2.18. The Morgan fingerprint density at radius 2 is 2.00 bits per heavy atom. The highest BCUT2D eigenvalue weighted by molar-refractivity contribution is 9.10. The predicted octanol–water partition coefficient (Wildman–Crippen LogP) is 5.03. The number of rotatable bonds is 6. The maximum Gasteiger partial charge on any atom is 0.0824 e. The summed E-state index contributed by atoms with van der Waals surface area (Å²) in [5, 5.41) is 0. The number of ether oxygens (including phenoxy) is 1. The Morgan fingerprint density at radius 3 is 2.56 bits per heavy atom. The van der Waals surface area contributed by atoms with Crippen LogP contribution >= 0.6 is 15.9 Å². The molecule has 1 rings (SSSR count). The lowest BCUT2D eigenvalue weighted by atomic mass is 10.0. The molecule has 1 unspecified atom stereocenters. The molecule has 1 aromatic rings. The summed E-state index contributed by atoms with van der Waals surface area (Å²) < 4.78 is 7.07. The first-order valence-corrected chi connectivity index (χ1v) is 6.86. The van der Waals surface area contributed by atoms with Gasteiger partial charge in [-0.15, -0.1) is 0 Å². The molecular formula is C14H21BrO. The van der Waals surface area contributed by atoms with E-state index in [1.807, 2.05) is 0 Å². The summed E-state index contributed by atoms with van der Waals surface area (Å²) in [5.74, 6) is 0. The zero-order valence-electron chi connectivity index (χ0n) is 10.4. The molecule has 0 saturated carbocycles. The van der Waals surface area contributed by atoms with E-state index in [1.54, 1.807) is 0 Å². The van der Waals surface area contributed by atoms with Gasteiger partial charge >= 0.3 is 0 Å². The van der Waals surface area contributed by atoms with Crippen molar-refractivity contribution in [1.82, 2.24) is 0 Å². The molecule has 0 spiro atoms. The topological polar surface area (TPSA) is 9.23 Å². The van der Waals surface area contributed by atoms with Crippen molar-refractivity contribution < 1.29 is 4.74 Å². The molecule has 16 heavy (non-hydrogen) atoms. The molecule has 1 nitrogen and oxygen atoms in total. The van der Waals surface area contributed by atoms with Crippen LogP contribution in [0.2, 0.25) is 0 Å². The molecule has 0 saturated heterocycles. The summed E-state index contributed by atoms with van der Waals surface area (Å²) in [5.41, 5.74) is 2.58. The van der Waals surface area contributed by atoms with Gasteiger partial charge < -0.3 is 4.74 Å². The SMILES string of the molecule is CCCOC(CCC)c1ccc(Br)c(C)c1. The Balaban J connectivity index is 2.78. The number of benzene rings is 1. The van der Waals surface area contributed by atoms with Crippen molar-refractivity contribution >= 4 is 15.9 Å². The summed E-state index contributed by atoms with van der Waals surface area (Å²) in [6, 6.07) is 6.50. The van der Waals surface area contributed by atoms with Crippen molar-refractivity contribution in [3.63, 3.8) is 0 Å². The zero-order valence-corrected chi connectivity index (χ0v) is 12.0. The van der Waals surface area contributed by atoms with Crippen LogP contribution in [0.25, 0.3) is 0 Å². The first-order chi connectivity index (χ1) is 7.69. The third-order valence-corrected chi connectivity index (χ3v) is 3.52. The first-order valence-electron chi connectivity index (χ1n) is 6.06. The fraction of sp³-hybridized carbons (Fsp3) is 0.571. The predicted molar refractivity (Wildman–Crippen MR) is 72.8 cm³/mol. The molecule has 90 valence electrons. The summed E-state index contributed by atoms with van der Waals surface area (Å²) in [7, 11) is 0. The van der Waals surface area contributed by atoms with Gasteiger partial charge in [-0.1, -0.05) is 48.3 Å². The van der Waals surface area contributed by atoms with Gasteiger partial charge in [0, 0.05) is 11.1 Å². The fourth-order valence-electron chi connectivity index (χ4n) is 1.74. The molecule has 1 aromatic carbocycles. The molecule has 0 radical (unpaired) electrons. The van der Waals surface area contributed by atoms with Crippen LogP contribution < -0.4 is 0 Å². The van der Waals surface area contributed by atoms with Gasteiger partial charge in [-0.25, -0.2) is 0 Å². The van der Waals surface area contributed by atoms with Gasteiger partial charge in [-0.2, -0.15) is 0 Å². The normalized spacial score (nSPS) is 12.8. The van der Waals surface area contributed by atoms with E-state index in [2.05, 4.69) is 54.9 Å². The van der Waals surface area contributed by atoms with Crippen LogP contribution in [0, 0.1) is 6.92 Å². The van der Waals surface area contributed by atoms with Gasteiger partial charge in [0.15, 0.2) is 0 Å². The second-order valence-corrected chi connectivity index (χ2v) is 5.01. The number of halogens is 1. The van der Waals surface area contributed by atoms with E-state index >= 15 is 0 Å². The van der Waals surface area contributed by atoms with E-state index in [1.165, 1.54) is 15.6 Å². The number of hydrogen-bond acceptors (Lipinski definition) is 1. The van der Waals surface area contributed by atoms with Crippen LogP contribution in [-0.4, -0.2) is 6.61 Å². The Morgan fingerprint density at radius 1 is 1.25 bits per heavy atom. The van der Waals surface area contributed by atoms with E-state index < -0.39 is 0 Å². The van der Waals surface area contributed by atoms with Gasteiger partial charge in [0.1, 0.15) is 0 Å². The Labute approximate surface area is 107 Å². The van der Waals surface area contributed by atoms with Crippen LogP contribution in [0.5, 0.6) is 0 Å². The molecule has 0 aliphatic carbocycles. The molecule has 0 fully saturated rings. The molecule has 0 aliphatic rings. The quantitative estimate of drug-likeness (QED) is 0.712. The highest BCUT2D eigenvalue weighted by atomic mass is 79.9. The average Bonchev–Trinajstić information content (AvgIpc) is 2.28. The minimum atomic E-state index is 0.261. The Hall–Kier alpha value is -0.340. The van der Waals surface area contributed by atoms with Crippen molar-refractivity contribution in [1.29, 1.82) is 0 Å². The highest BCUT2D eigenvalue weighted by Crippen LogP contribution is 2.26. The van der Waals surface area contributed by atoms with Crippen LogP contribution in [0.15, 0.2) is 22.7 Å². The molecule has 0 heterocycles. The molecular weight excluding hydrogens is 264 g/mol. The van der Waals surface area contributed by atoms with E-state index in [9.17, 15) is 0 Å². The molecule has 1 atom stereocenters. The van der Waals surface area contributed by atoms with Crippen LogP contribution in [-0.2, 0) is 4.74 Å². The molecule has 0 bridgehead atoms. The summed E-state index contributed by atoms with van der Waals surface area (Å²) in [4.78, 5) is 0. The molecule has 0 aromatic heterocycles. The smallest absolute Gasteiger partial charge is 0.0824 e. The molecule has 0 aliphatic heterocycles. The van der Waals surface area contributed by atoms with Gasteiger partial charge in [-0.05, 0) is 37.0 Å². The average molecular weight is 285 g/mol. The lowest BCUT2D eigenvalue weighted by Crippen LogP contribution is -2.05. The second kappa shape index (κ2) is 7.08. The van der Waals surface area contributed by atoms with Crippen molar-refractivity contribution in [2.75, 3.05) is 6.61 Å². The molecule has 2 heteroatoms. The van der Waals surface area contributed by atoms with Crippen molar-refractivity contribution in [2.24, 2.45) is 0 Å². The minimum Gasteiger partial charge on any atom is -0.374 e. The maximum absolute atomic E-state index is 5.90. The van der Waals surface area contributed by atoms with Gasteiger partial charge in [0.2, 0.25) is 0 Å². The zero-order chi connectivity index (χ0) is 12.0. The van der Waals surface area contributed by atoms with Crippen molar-refractivity contribution in [3.8, 4) is 0 Å². The van der Waals surface area contributed by atoms with Crippen LogP contribution in [0.4, 0.5) is 0 Å². The van der Waals surface area contributed by atoms with E-state index in [4.69, 9.17) is 4.74 Å². The van der Waals surface area contributed by atoms with Gasteiger partial charge in [0.25, 0.3) is 0 Å². The van der Waals surface area contributed by atoms with Gasteiger partial charge in [0.05, 0.1) is 6.10 Å². The maximum atomic E-state index is 5.90. The summed E-state index contributed by atoms with van der Waals surface area (Å²) >= 11 is 3.53. The van der Waals surface area contributed by atoms with Crippen LogP contribution in [0.1, 0.15) is 50.3 Å². The van der Waals surface area contributed by atoms with Crippen molar-refractivity contribution in [2.45, 2.75) is 46.1 Å². The second-order valence-electron chi connectivity index (χ2n) is 4.16. The molecule has 0 N–H and O–H groups in total. The Kier molecular flexibility index (Phi) is 6.07.